The fourth-order valence-corrected chi connectivity index (χ4v) is 3.98. The molecule has 0 fully saturated rings. The standard InChI is InChI=1S/C21H14N2O6/c22-20(27)23-15-3-1-2-14-18(15)19(26)29-21(14)12-6-4-10(24)8-16(12)28-17-9-11(25)5-7-13(17)21/h1-9,24-25H,(H3,22,23,27). The van der Waals surface area contributed by atoms with E-state index in [4.69, 9.17) is 15.2 Å². The van der Waals surface area contributed by atoms with Crippen LogP contribution < -0.4 is 15.8 Å². The van der Waals surface area contributed by atoms with E-state index in [9.17, 15) is 19.8 Å². The number of benzene rings is 3. The predicted molar refractivity (Wildman–Crippen MR) is 101 cm³/mol. The summed E-state index contributed by atoms with van der Waals surface area (Å²) in [4.78, 5) is 24.3. The van der Waals surface area contributed by atoms with Gasteiger partial charge in [-0.05, 0) is 30.3 Å². The Morgan fingerprint density at radius 2 is 1.55 bits per heavy atom. The number of amides is 2. The Balaban J connectivity index is 1.86. The van der Waals surface area contributed by atoms with Gasteiger partial charge in [-0.15, -0.1) is 0 Å². The first kappa shape index (κ1) is 16.9. The van der Waals surface area contributed by atoms with Crippen LogP contribution >= 0.6 is 0 Å². The molecule has 3 aromatic rings. The van der Waals surface area contributed by atoms with Crippen molar-refractivity contribution in [2.75, 3.05) is 5.32 Å². The number of fused-ring (bicyclic) bond motifs is 6. The molecule has 2 heterocycles. The molecule has 8 heteroatoms. The summed E-state index contributed by atoms with van der Waals surface area (Å²) in [6.45, 7) is 0. The van der Waals surface area contributed by atoms with Gasteiger partial charge >= 0.3 is 12.0 Å². The highest BCUT2D eigenvalue weighted by molar-refractivity contribution is 6.05. The van der Waals surface area contributed by atoms with Gasteiger partial charge in [-0.2, -0.15) is 0 Å². The van der Waals surface area contributed by atoms with Crippen LogP contribution in [0.5, 0.6) is 23.0 Å². The van der Waals surface area contributed by atoms with E-state index in [1.165, 1.54) is 24.3 Å². The Labute approximate surface area is 164 Å². The molecular weight excluding hydrogens is 376 g/mol. The Bertz CT molecular complexity index is 1170. The molecule has 0 atom stereocenters. The van der Waals surface area contributed by atoms with Crippen molar-refractivity contribution in [3.05, 3.63) is 76.9 Å². The Kier molecular flexibility index (Phi) is 3.30. The molecule has 0 aromatic heterocycles. The van der Waals surface area contributed by atoms with Crippen LogP contribution in [0, 0.1) is 0 Å². The number of esters is 1. The normalized spacial score (nSPS) is 15.0. The molecule has 1 spiro atoms. The zero-order valence-corrected chi connectivity index (χ0v) is 14.8. The molecule has 5 N–H and O–H groups in total. The molecule has 2 aliphatic rings. The number of aromatic hydroxyl groups is 2. The Hall–Kier alpha value is -4.20. The van der Waals surface area contributed by atoms with E-state index in [1.54, 1.807) is 30.3 Å². The number of urea groups is 1. The zero-order valence-electron chi connectivity index (χ0n) is 14.8. The lowest BCUT2D eigenvalue weighted by atomic mass is 9.77. The predicted octanol–water partition coefficient (Wildman–Crippen LogP) is 3.16. The maximum absolute atomic E-state index is 12.9. The maximum Gasteiger partial charge on any atom is 0.342 e. The fraction of sp³-hybridized carbons (Fsp3) is 0.0476. The Morgan fingerprint density at radius 1 is 0.931 bits per heavy atom. The van der Waals surface area contributed by atoms with Gasteiger partial charge in [0, 0.05) is 28.8 Å². The maximum atomic E-state index is 12.9. The lowest BCUT2D eigenvalue weighted by Crippen LogP contribution is -2.32. The van der Waals surface area contributed by atoms with Crippen molar-refractivity contribution in [1.29, 1.82) is 0 Å². The van der Waals surface area contributed by atoms with Gasteiger partial charge in [-0.25, -0.2) is 9.59 Å². The largest absolute Gasteiger partial charge is 0.508 e. The highest BCUT2D eigenvalue weighted by Crippen LogP contribution is 2.57. The van der Waals surface area contributed by atoms with E-state index in [-0.39, 0.29) is 34.2 Å². The number of ether oxygens (including phenoxy) is 2. The molecule has 0 radical (unpaired) electrons. The van der Waals surface area contributed by atoms with Crippen molar-refractivity contribution in [3.8, 4) is 23.0 Å². The van der Waals surface area contributed by atoms with Gasteiger partial charge in [-0.1, -0.05) is 12.1 Å². The number of carbonyl (C=O) groups excluding carboxylic acids is 2. The highest BCUT2D eigenvalue weighted by atomic mass is 16.6. The number of rotatable bonds is 1. The number of phenolic OH excluding ortho intramolecular Hbond substituents is 2. The number of carbonyl (C=O) groups is 2. The van der Waals surface area contributed by atoms with Gasteiger partial charge in [-0.3, -0.25) is 0 Å². The van der Waals surface area contributed by atoms with Crippen molar-refractivity contribution in [3.63, 3.8) is 0 Å². The van der Waals surface area contributed by atoms with Gasteiger partial charge in [0.1, 0.15) is 23.0 Å². The zero-order chi connectivity index (χ0) is 20.3. The molecule has 5 rings (SSSR count). The van der Waals surface area contributed by atoms with E-state index in [0.29, 0.717) is 16.7 Å². The molecular formula is C21H14N2O6. The van der Waals surface area contributed by atoms with Crippen LogP contribution in [-0.2, 0) is 10.3 Å². The summed E-state index contributed by atoms with van der Waals surface area (Å²) in [7, 11) is 0. The molecule has 0 saturated heterocycles. The van der Waals surface area contributed by atoms with Gasteiger partial charge in [0.25, 0.3) is 0 Å². The topological polar surface area (TPSA) is 131 Å². The lowest BCUT2D eigenvalue weighted by molar-refractivity contribution is 0.0224. The number of phenols is 2. The van der Waals surface area contributed by atoms with Crippen molar-refractivity contribution in [2.24, 2.45) is 5.73 Å². The smallest absolute Gasteiger partial charge is 0.342 e. The van der Waals surface area contributed by atoms with Crippen LogP contribution in [0.1, 0.15) is 27.0 Å². The van der Waals surface area contributed by atoms with E-state index < -0.39 is 17.6 Å². The van der Waals surface area contributed by atoms with Crippen molar-refractivity contribution < 1.29 is 29.3 Å². The number of primary amides is 1. The van der Waals surface area contributed by atoms with Crippen LogP contribution in [-0.4, -0.2) is 22.2 Å². The van der Waals surface area contributed by atoms with Gasteiger partial charge in [0.05, 0.1) is 11.3 Å². The first-order chi connectivity index (χ1) is 13.9. The van der Waals surface area contributed by atoms with Crippen LogP contribution in [0.25, 0.3) is 0 Å². The summed E-state index contributed by atoms with van der Waals surface area (Å²) in [5, 5.41) is 22.3. The molecule has 144 valence electrons. The average Bonchev–Trinajstić information content (AvgIpc) is 2.95. The minimum atomic E-state index is -1.38. The number of hydrogen-bond donors (Lipinski definition) is 4. The number of nitrogens with one attached hydrogen (secondary N) is 1. The molecule has 0 aliphatic carbocycles. The molecule has 0 saturated carbocycles. The molecule has 2 aliphatic heterocycles. The van der Waals surface area contributed by atoms with Crippen molar-refractivity contribution in [1.82, 2.24) is 0 Å². The summed E-state index contributed by atoms with van der Waals surface area (Å²) in [5.41, 5.74) is 5.73. The SMILES string of the molecule is NC(=O)Nc1cccc2c1C(=O)OC21c2ccc(O)cc2Oc2cc(O)ccc21. The quantitative estimate of drug-likeness (QED) is 0.472. The second-order valence-corrected chi connectivity index (χ2v) is 6.75. The van der Waals surface area contributed by atoms with E-state index in [2.05, 4.69) is 5.32 Å². The fourth-order valence-electron chi connectivity index (χ4n) is 3.98. The van der Waals surface area contributed by atoms with Crippen molar-refractivity contribution in [2.45, 2.75) is 5.60 Å². The van der Waals surface area contributed by atoms with Gasteiger partial charge in [0.15, 0.2) is 5.60 Å². The minimum absolute atomic E-state index is 0.0313. The molecule has 3 aromatic carbocycles. The summed E-state index contributed by atoms with van der Waals surface area (Å²) < 4.78 is 11.8. The van der Waals surface area contributed by atoms with Gasteiger partial charge < -0.3 is 30.7 Å². The highest BCUT2D eigenvalue weighted by Gasteiger charge is 2.54. The lowest BCUT2D eigenvalue weighted by Gasteiger charge is -2.36. The second kappa shape index (κ2) is 5.65. The Morgan fingerprint density at radius 3 is 2.14 bits per heavy atom. The average molecular weight is 390 g/mol. The number of hydrogen-bond acceptors (Lipinski definition) is 6. The van der Waals surface area contributed by atoms with Crippen LogP contribution in [0.4, 0.5) is 10.5 Å². The first-order valence-corrected chi connectivity index (χ1v) is 8.68. The molecule has 0 bridgehead atoms. The van der Waals surface area contributed by atoms with Crippen LogP contribution in [0.3, 0.4) is 0 Å². The van der Waals surface area contributed by atoms with Crippen LogP contribution in [0.2, 0.25) is 0 Å². The van der Waals surface area contributed by atoms with E-state index in [0.717, 1.165) is 0 Å². The van der Waals surface area contributed by atoms with Crippen LogP contribution in [0.15, 0.2) is 54.6 Å². The number of nitrogens with two attached hydrogens (primary N) is 1. The summed E-state index contributed by atoms with van der Waals surface area (Å²) in [5.74, 6) is -0.161. The summed E-state index contributed by atoms with van der Waals surface area (Å²) >= 11 is 0. The first-order valence-electron chi connectivity index (χ1n) is 8.68. The van der Waals surface area contributed by atoms with E-state index >= 15 is 0 Å². The summed E-state index contributed by atoms with van der Waals surface area (Å²) in [6.07, 6.45) is 0. The van der Waals surface area contributed by atoms with Gasteiger partial charge in [0.2, 0.25) is 0 Å². The monoisotopic (exact) mass is 390 g/mol. The molecule has 8 nitrogen and oxygen atoms in total. The number of anilines is 1. The van der Waals surface area contributed by atoms with Crippen molar-refractivity contribution >= 4 is 17.7 Å². The summed E-state index contributed by atoms with van der Waals surface area (Å²) in [6, 6.07) is 13.1. The molecule has 0 unspecified atom stereocenters. The third kappa shape index (κ3) is 2.26. The third-order valence-corrected chi connectivity index (χ3v) is 5.06. The third-order valence-electron chi connectivity index (χ3n) is 5.06. The second-order valence-electron chi connectivity index (χ2n) is 6.75. The molecule has 2 amide bonds. The minimum Gasteiger partial charge on any atom is -0.508 e. The van der Waals surface area contributed by atoms with E-state index in [1.807, 2.05) is 0 Å². The molecule has 29 heavy (non-hydrogen) atoms.